The van der Waals surface area contributed by atoms with Crippen molar-refractivity contribution in [2.75, 3.05) is 5.32 Å². The lowest BCUT2D eigenvalue weighted by Crippen LogP contribution is -2.24. The standard InChI is InChI=1S/C18H17N5O2S/c1-12(26-18-20-21-22-23(18)2)17(25)19-15-11-7-6-10-14(15)16(24)13-8-4-3-5-9-13/h3-12H,1-2H3,(H,19,25). The molecule has 132 valence electrons. The van der Waals surface area contributed by atoms with Gasteiger partial charge in [-0.1, -0.05) is 54.2 Å². The zero-order valence-electron chi connectivity index (χ0n) is 14.3. The molecule has 3 aromatic rings. The van der Waals surface area contributed by atoms with Crippen LogP contribution in [0, 0.1) is 0 Å². The monoisotopic (exact) mass is 367 g/mol. The van der Waals surface area contributed by atoms with Gasteiger partial charge in [-0.05, 0) is 29.5 Å². The van der Waals surface area contributed by atoms with Crippen molar-refractivity contribution in [1.82, 2.24) is 20.2 Å². The maximum absolute atomic E-state index is 12.7. The van der Waals surface area contributed by atoms with E-state index in [1.807, 2.05) is 18.2 Å². The highest BCUT2D eigenvalue weighted by atomic mass is 32.2. The Labute approximate surface area is 154 Å². The number of amides is 1. The lowest BCUT2D eigenvalue weighted by atomic mass is 10.0. The molecule has 1 amide bonds. The molecule has 0 radical (unpaired) electrons. The molecule has 1 heterocycles. The first-order valence-electron chi connectivity index (χ1n) is 7.95. The predicted molar refractivity (Wildman–Crippen MR) is 99.1 cm³/mol. The highest BCUT2D eigenvalue weighted by Gasteiger charge is 2.20. The maximum Gasteiger partial charge on any atom is 0.237 e. The lowest BCUT2D eigenvalue weighted by molar-refractivity contribution is -0.115. The first-order chi connectivity index (χ1) is 12.6. The Balaban J connectivity index is 1.77. The third kappa shape index (κ3) is 3.97. The number of aromatic nitrogens is 4. The van der Waals surface area contributed by atoms with Gasteiger partial charge >= 0.3 is 0 Å². The lowest BCUT2D eigenvalue weighted by Gasteiger charge is -2.13. The molecule has 0 aliphatic carbocycles. The Bertz CT molecular complexity index is 926. The number of ketones is 1. The van der Waals surface area contributed by atoms with E-state index in [2.05, 4.69) is 20.8 Å². The van der Waals surface area contributed by atoms with Crippen molar-refractivity contribution in [3.05, 3.63) is 65.7 Å². The van der Waals surface area contributed by atoms with Gasteiger partial charge in [0.1, 0.15) is 0 Å². The van der Waals surface area contributed by atoms with Crippen molar-refractivity contribution < 1.29 is 9.59 Å². The molecule has 26 heavy (non-hydrogen) atoms. The van der Waals surface area contributed by atoms with Crippen molar-refractivity contribution >= 4 is 29.1 Å². The van der Waals surface area contributed by atoms with Gasteiger partial charge in [0.25, 0.3) is 0 Å². The summed E-state index contributed by atoms with van der Waals surface area (Å²) in [7, 11) is 1.71. The molecule has 1 unspecified atom stereocenters. The number of nitrogens with one attached hydrogen (secondary N) is 1. The number of hydrogen-bond donors (Lipinski definition) is 1. The summed E-state index contributed by atoms with van der Waals surface area (Å²) >= 11 is 1.24. The van der Waals surface area contributed by atoms with Crippen molar-refractivity contribution in [3.8, 4) is 0 Å². The van der Waals surface area contributed by atoms with Crippen LogP contribution >= 0.6 is 11.8 Å². The van der Waals surface area contributed by atoms with Crippen LogP contribution in [0.15, 0.2) is 59.8 Å². The Hall–Kier alpha value is -3.00. The Morgan fingerprint density at radius 1 is 1.08 bits per heavy atom. The average Bonchev–Trinajstić information content (AvgIpc) is 3.07. The van der Waals surface area contributed by atoms with E-state index in [4.69, 9.17) is 0 Å². The van der Waals surface area contributed by atoms with Crippen molar-refractivity contribution in [2.24, 2.45) is 7.05 Å². The van der Waals surface area contributed by atoms with Gasteiger partial charge in [0.2, 0.25) is 11.1 Å². The van der Waals surface area contributed by atoms with Gasteiger partial charge in [0.05, 0.1) is 10.9 Å². The van der Waals surface area contributed by atoms with E-state index in [1.54, 1.807) is 50.4 Å². The second kappa shape index (κ2) is 7.92. The molecule has 0 saturated heterocycles. The summed E-state index contributed by atoms with van der Waals surface area (Å²) in [5, 5.41) is 14.1. The second-order valence-electron chi connectivity index (χ2n) is 5.58. The number of tetrazole rings is 1. The first-order valence-corrected chi connectivity index (χ1v) is 8.83. The summed E-state index contributed by atoms with van der Waals surface area (Å²) in [5.41, 5.74) is 1.50. The van der Waals surface area contributed by atoms with Crippen LogP contribution in [0.2, 0.25) is 0 Å². The number of aryl methyl sites for hydroxylation is 1. The molecule has 7 nitrogen and oxygen atoms in total. The van der Waals surface area contributed by atoms with E-state index >= 15 is 0 Å². The van der Waals surface area contributed by atoms with Gasteiger partial charge in [0, 0.05) is 18.2 Å². The average molecular weight is 367 g/mol. The molecule has 0 bridgehead atoms. The number of carbonyl (C=O) groups excluding carboxylic acids is 2. The fourth-order valence-electron chi connectivity index (χ4n) is 2.30. The Kier molecular flexibility index (Phi) is 5.43. The third-order valence-corrected chi connectivity index (χ3v) is 4.82. The summed E-state index contributed by atoms with van der Waals surface area (Å²) in [6.45, 7) is 1.76. The highest BCUT2D eigenvalue weighted by molar-refractivity contribution is 8.00. The number of rotatable bonds is 6. The van der Waals surface area contributed by atoms with E-state index in [1.165, 1.54) is 16.4 Å². The van der Waals surface area contributed by atoms with Gasteiger partial charge in [-0.3, -0.25) is 9.59 Å². The second-order valence-corrected chi connectivity index (χ2v) is 6.88. The molecule has 0 aliphatic rings. The van der Waals surface area contributed by atoms with Gasteiger partial charge < -0.3 is 5.32 Å². The first kappa shape index (κ1) is 17.8. The highest BCUT2D eigenvalue weighted by Crippen LogP contribution is 2.23. The number of hydrogen-bond acceptors (Lipinski definition) is 6. The summed E-state index contributed by atoms with van der Waals surface area (Å²) in [6.07, 6.45) is 0. The molecule has 1 atom stereocenters. The number of carbonyl (C=O) groups is 2. The van der Waals surface area contributed by atoms with Crippen LogP contribution < -0.4 is 5.32 Å². The third-order valence-electron chi connectivity index (χ3n) is 3.70. The van der Waals surface area contributed by atoms with E-state index in [0.29, 0.717) is 22.0 Å². The molecule has 2 aromatic carbocycles. The van der Waals surface area contributed by atoms with E-state index in [0.717, 1.165) is 0 Å². The van der Waals surface area contributed by atoms with Crippen LogP contribution in [-0.2, 0) is 11.8 Å². The summed E-state index contributed by atoms with van der Waals surface area (Å²) in [5.74, 6) is -0.370. The van der Waals surface area contributed by atoms with Crippen LogP contribution in [0.1, 0.15) is 22.8 Å². The van der Waals surface area contributed by atoms with E-state index in [9.17, 15) is 9.59 Å². The van der Waals surface area contributed by atoms with Crippen LogP contribution in [0.4, 0.5) is 5.69 Å². The SMILES string of the molecule is CC(Sc1nnnn1C)C(=O)Nc1ccccc1C(=O)c1ccccc1. The smallest absolute Gasteiger partial charge is 0.237 e. The van der Waals surface area contributed by atoms with Gasteiger partial charge in [0.15, 0.2) is 5.78 Å². The molecule has 0 saturated carbocycles. The van der Waals surface area contributed by atoms with Crippen LogP contribution in [0.3, 0.4) is 0 Å². The fraction of sp³-hybridized carbons (Fsp3) is 0.167. The quantitative estimate of drug-likeness (QED) is 0.532. The molecule has 0 spiro atoms. The van der Waals surface area contributed by atoms with Crippen molar-refractivity contribution in [1.29, 1.82) is 0 Å². The normalized spacial score (nSPS) is 11.8. The van der Waals surface area contributed by atoms with E-state index in [-0.39, 0.29) is 11.7 Å². The molecular weight excluding hydrogens is 350 g/mol. The summed E-state index contributed by atoms with van der Waals surface area (Å²) < 4.78 is 1.50. The number of para-hydroxylation sites is 1. The zero-order chi connectivity index (χ0) is 18.5. The molecule has 0 aliphatic heterocycles. The number of anilines is 1. The van der Waals surface area contributed by atoms with Crippen LogP contribution in [0.25, 0.3) is 0 Å². The van der Waals surface area contributed by atoms with Crippen LogP contribution in [0.5, 0.6) is 0 Å². The number of nitrogens with zero attached hydrogens (tertiary/aromatic N) is 4. The van der Waals surface area contributed by atoms with Gasteiger partial charge in [-0.25, -0.2) is 4.68 Å². The fourth-order valence-corrected chi connectivity index (χ4v) is 3.06. The predicted octanol–water partition coefficient (Wildman–Crippen LogP) is 2.56. The van der Waals surface area contributed by atoms with E-state index < -0.39 is 5.25 Å². The Morgan fingerprint density at radius 2 is 1.77 bits per heavy atom. The molecule has 1 N–H and O–H groups in total. The van der Waals surface area contributed by atoms with Gasteiger partial charge in [-0.15, -0.1) is 5.10 Å². The largest absolute Gasteiger partial charge is 0.324 e. The summed E-state index contributed by atoms with van der Waals surface area (Å²) in [6, 6.07) is 15.9. The number of thioether (sulfide) groups is 1. The topological polar surface area (TPSA) is 89.8 Å². The van der Waals surface area contributed by atoms with Crippen LogP contribution in [-0.4, -0.2) is 37.1 Å². The molecular formula is C18H17N5O2S. The minimum atomic E-state index is -0.431. The number of benzene rings is 2. The molecule has 3 rings (SSSR count). The molecule has 8 heteroatoms. The van der Waals surface area contributed by atoms with Gasteiger partial charge in [-0.2, -0.15) is 0 Å². The minimum Gasteiger partial charge on any atom is -0.324 e. The molecule has 0 fully saturated rings. The molecule has 1 aromatic heterocycles. The Morgan fingerprint density at radius 3 is 2.46 bits per heavy atom. The maximum atomic E-state index is 12.7. The minimum absolute atomic E-state index is 0.140. The summed E-state index contributed by atoms with van der Waals surface area (Å²) in [4.78, 5) is 25.3. The van der Waals surface area contributed by atoms with Crippen molar-refractivity contribution in [2.45, 2.75) is 17.3 Å². The van der Waals surface area contributed by atoms with Crippen molar-refractivity contribution in [3.63, 3.8) is 0 Å². The zero-order valence-corrected chi connectivity index (χ0v) is 15.1.